The molecule has 16 heavy (non-hydrogen) atoms. The molecule has 2 unspecified atom stereocenters. The molecule has 1 aromatic heterocycles. The summed E-state index contributed by atoms with van der Waals surface area (Å²) >= 11 is 5.05. The Morgan fingerprint density at radius 1 is 1.69 bits per heavy atom. The first-order valence-corrected chi connectivity index (χ1v) is 6.81. The molecule has 1 saturated heterocycles. The first-order chi connectivity index (χ1) is 7.59. The molecular formula is C11H13BrO3S. The van der Waals surface area contributed by atoms with Crippen molar-refractivity contribution < 1.29 is 14.6 Å². The monoisotopic (exact) mass is 304 g/mol. The molecule has 1 aliphatic heterocycles. The fraction of sp³-hybridized carbons (Fsp3) is 0.545. The number of aliphatic carboxylic acids is 1. The van der Waals surface area contributed by atoms with Gasteiger partial charge in [0.15, 0.2) is 0 Å². The molecular weight excluding hydrogens is 292 g/mol. The van der Waals surface area contributed by atoms with E-state index in [0.29, 0.717) is 13.0 Å². The van der Waals surface area contributed by atoms with Crippen LogP contribution in [0, 0.1) is 12.8 Å². The molecule has 2 heterocycles. The molecule has 2 atom stereocenters. The number of ether oxygens (including phenoxy) is 1. The Balaban J connectivity index is 2.26. The lowest BCUT2D eigenvalue weighted by Crippen LogP contribution is -2.28. The summed E-state index contributed by atoms with van der Waals surface area (Å²) in [6, 6.07) is 1.98. The molecule has 0 aliphatic carbocycles. The van der Waals surface area contributed by atoms with Gasteiger partial charge in [-0.15, -0.1) is 11.3 Å². The Bertz CT molecular complexity index is 382. The number of carboxylic acid groups (broad SMARTS) is 1. The number of hydrogen-bond donors (Lipinski definition) is 1. The van der Waals surface area contributed by atoms with Gasteiger partial charge >= 0.3 is 5.97 Å². The van der Waals surface area contributed by atoms with Gasteiger partial charge in [-0.05, 0) is 41.8 Å². The quantitative estimate of drug-likeness (QED) is 0.911. The fourth-order valence-electron chi connectivity index (χ4n) is 1.94. The highest BCUT2D eigenvalue weighted by Gasteiger charge is 2.34. The highest BCUT2D eigenvalue weighted by Crippen LogP contribution is 2.39. The van der Waals surface area contributed by atoms with Crippen molar-refractivity contribution >= 4 is 33.2 Å². The summed E-state index contributed by atoms with van der Waals surface area (Å²) in [4.78, 5) is 13.3. The Hall–Kier alpha value is -0.390. The van der Waals surface area contributed by atoms with Gasteiger partial charge < -0.3 is 9.84 Å². The summed E-state index contributed by atoms with van der Waals surface area (Å²) in [7, 11) is 0. The van der Waals surface area contributed by atoms with Crippen molar-refractivity contribution in [2.45, 2.75) is 25.9 Å². The van der Waals surface area contributed by atoms with Crippen LogP contribution in [-0.4, -0.2) is 17.7 Å². The highest BCUT2D eigenvalue weighted by atomic mass is 79.9. The Morgan fingerprint density at radius 2 is 2.44 bits per heavy atom. The molecule has 3 nitrogen and oxygen atoms in total. The topological polar surface area (TPSA) is 46.5 Å². The van der Waals surface area contributed by atoms with Crippen LogP contribution in [0.1, 0.15) is 28.7 Å². The predicted molar refractivity (Wildman–Crippen MR) is 65.8 cm³/mol. The van der Waals surface area contributed by atoms with Gasteiger partial charge in [0.05, 0.1) is 5.92 Å². The van der Waals surface area contributed by atoms with E-state index in [-0.39, 0.29) is 6.10 Å². The summed E-state index contributed by atoms with van der Waals surface area (Å²) in [6.07, 6.45) is 1.26. The zero-order valence-corrected chi connectivity index (χ0v) is 11.3. The zero-order chi connectivity index (χ0) is 11.7. The average Bonchev–Trinajstić information content (AvgIpc) is 2.59. The first-order valence-electron chi connectivity index (χ1n) is 5.20. The lowest BCUT2D eigenvalue weighted by atomic mass is 9.93. The number of hydrogen-bond acceptors (Lipinski definition) is 3. The van der Waals surface area contributed by atoms with Gasteiger partial charge in [0.1, 0.15) is 6.10 Å². The van der Waals surface area contributed by atoms with E-state index in [4.69, 9.17) is 9.84 Å². The fourth-order valence-corrected chi connectivity index (χ4v) is 3.61. The van der Waals surface area contributed by atoms with E-state index >= 15 is 0 Å². The predicted octanol–water partition coefficient (Wildman–Crippen LogP) is 3.37. The van der Waals surface area contributed by atoms with Crippen LogP contribution in [0.4, 0.5) is 0 Å². The van der Waals surface area contributed by atoms with E-state index in [1.54, 1.807) is 11.3 Å². The minimum absolute atomic E-state index is 0.277. The van der Waals surface area contributed by atoms with Gasteiger partial charge in [-0.25, -0.2) is 0 Å². The van der Waals surface area contributed by atoms with E-state index in [1.807, 2.05) is 13.0 Å². The largest absolute Gasteiger partial charge is 0.481 e. The number of aryl methyl sites for hydroxylation is 1. The first kappa shape index (κ1) is 12.1. The van der Waals surface area contributed by atoms with E-state index in [0.717, 1.165) is 20.6 Å². The summed E-state index contributed by atoms with van der Waals surface area (Å²) < 4.78 is 6.65. The SMILES string of the molecule is Cc1sc(C2OCCCC2C(=O)O)cc1Br. The van der Waals surface area contributed by atoms with Crippen molar-refractivity contribution in [3.63, 3.8) is 0 Å². The third kappa shape index (κ3) is 2.31. The summed E-state index contributed by atoms with van der Waals surface area (Å²) in [6.45, 7) is 2.67. The van der Waals surface area contributed by atoms with Crippen LogP contribution in [0.5, 0.6) is 0 Å². The third-order valence-electron chi connectivity index (χ3n) is 2.80. The Morgan fingerprint density at radius 3 is 3.00 bits per heavy atom. The number of carbonyl (C=O) groups is 1. The number of carboxylic acids is 1. The summed E-state index contributed by atoms with van der Waals surface area (Å²) in [5.41, 5.74) is 0. The Kier molecular flexibility index (Phi) is 3.66. The van der Waals surface area contributed by atoms with Crippen molar-refractivity contribution in [2.24, 2.45) is 5.92 Å². The van der Waals surface area contributed by atoms with Crippen LogP contribution in [0.3, 0.4) is 0 Å². The molecule has 0 saturated carbocycles. The van der Waals surface area contributed by atoms with Crippen LogP contribution in [-0.2, 0) is 9.53 Å². The average molecular weight is 305 g/mol. The molecule has 5 heteroatoms. The van der Waals surface area contributed by atoms with Crippen LogP contribution in [0.2, 0.25) is 0 Å². The van der Waals surface area contributed by atoms with Gasteiger partial charge in [-0.3, -0.25) is 4.79 Å². The van der Waals surface area contributed by atoms with E-state index in [2.05, 4.69) is 15.9 Å². The van der Waals surface area contributed by atoms with Crippen LogP contribution >= 0.6 is 27.3 Å². The minimum atomic E-state index is -0.758. The molecule has 1 aromatic rings. The van der Waals surface area contributed by atoms with Crippen LogP contribution in [0.25, 0.3) is 0 Å². The molecule has 0 radical (unpaired) electrons. The minimum Gasteiger partial charge on any atom is -0.481 e. The number of halogens is 1. The van der Waals surface area contributed by atoms with E-state index < -0.39 is 11.9 Å². The van der Waals surface area contributed by atoms with E-state index in [9.17, 15) is 4.79 Å². The third-order valence-corrected chi connectivity index (χ3v) is 4.99. The van der Waals surface area contributed by atoms with E-state index in [1.165, 1.54) is 0 Å². The molecule has 0 spiro atoms. The standard InChI is InChI=1S/C11H13BrO3S/c1-6-8(12)5-9(16-6)10-7(11(13)14)3-2-4-15-10/h5,7,10H,2-4H2,1H3,(H,13,14). The summed E-state index contributed by atoms with van der Waals surface area (Å²) in [5.74, 6) is -1.16. The highest BCUT2D eigenvalue weighted by molar-refractivity contribution is 9.10. The zero-order valence-electron chi connectivity index (χ0n) is 8.90. The van der Waals surface area contributed by atoms with Crippen LogP contribution < -0.4 is 0 Å². The van der Waals surface area contributed by atoms with Gasteiger partial charge in [0.2, 0.25) is 0 Å². The number of rotatable bonds is 2. The number of thiophene rings is 1. The second-order valence-electron chi connectivity index (χ2n) is 3.93. The van der Waals surface area contributed by atoms with Gasteiger partial charge in [0, 0.05) is 20.8 Å². The lowest BCUT2D eigenvalue weighted by Gasteiger charge is -2.28. The van der Waals surface area contributed by atoms with Crippen molar-refractivity contribution in [2.75, 3.05) is 6.61 Å². The second-order valence-corrected chi connectivity index (χ2v) is 6.07. The molecule has 1 aliphatic rings. The maximum atomic E-state index is 11.1. The van der Waals surface area contributed by atoms with Gasteiger partial charge in [-0.2, -0.15) is 0 Å². The maximum Gasteiger partial charge on any atom is 0.309 e. The molecule has 1 N–H and O–H groups in total. The summed E-state index contributed by atoms with van der Waals surface area (Å²) in [5, 5.41) is 9.16. The van der Waals surface area contributed by atoms with Crippen molar-refractivity contribution in [1.82, 2.24) is 0 Å². The van der Waals surface area contributed by atoms with Crippen LogP contribution in [0.15, 0.2) is 10.5 Å². The smallest absolute Gasteiger partial charge is 0.309 e. The molecule has 0 bridgehead atoms. The van der Waals surface area contributed by atoms with Gasteiger partial charge in [-0.1, -0.05) is 0 Å². The molecule has 0 aromatic carbocycles. The molecule has 2 rings (SSSR count). The Labute approximate surface area is 107 Å². The van der Waals surface area contributed by atoms with Gasteiger partial charge in [0.25, 0.3) is 0 Å². The lowest BCUT2D eigenvalue weighted by molar-refractivity contribution is -0.151. The van der Waals surface area contributed by atoms with Crippen molar-refractivity contribution in [3.8, 4) is 0 Å². The van der Waals surface area contributed by atoms with Crippen molar-refractivity contribution in [1.29, 1.82) is 0 Å². The van der Waals surface area contributed by atoms with Crippen molar-refractivity contribution in [3.05, 3.63) is 20.3 Å². The molecule has 0 amide bonds. The molecule has 88 valence electrons. The second kappa shape index (κ2) is 4.85. The molecule has 1 fully saturated rings. The maximum absolute atomic E-state index is 11.1. The normalized spacial score (nSPS) is 25.6.